The van der Waals surface area contributed by atoms with Crippen LogP contribution >= 0.6 is 11.8 Å². The summed E-state index contributed by atoms with van der Waals surface area (Å²) in [6.45, 7) is 6.85. The first kappa shape index (κ1) is 24.7. The highest BCUT2D eigenvalue weighted by atomic mass is 32.2. The number of rotatable bonds is 12. The fourth-order valence-electron chi connectivity index (χ4n) is 4.26. The van der Waals surface area contributed by atoms with Gasteiger partial charge in [0.1, 0.15) is 5.82 Å². The maximum absolute atomic E-state index is 13.0. The van der Waals surface area contributed by atoms with Crippen molar-refractivity contribution in [3.8, 4) is 0 Å². The number of nitrogens with zero attached hydrogens (tertiary/aromatic N) is 4. The molecule has 0 spiro atoms. The van der Waals surface area contributed by atoms with Crippen molar-refractivity contribution in [1.29, 1.82) is 0 Å². The smallest absolute Gasteiger partial charge is 0.316 e. The second-order valence-electron chi connectivity index (χ2n) is 8.17. The highest BCUT2D eigenvalue weighted by molar-refractivity contribution is 7.99. The number of carbonyl (C=O) groups excluding carboxylic acids is 3. The van der Waals surface area contributed by atoms with Crippen LogP contribution in [0.2, 0.25) is 0 Å². The van der Waals surface area contributed by atoms with E-state index in [0.29, 0.717) is 48.8 Å². The molecule has 4 rings (SSSR count). The molecule has 2 aromatic carbocycles. The Labute approximate surface area is 208 Å². The molecule has 2 amide bonds. The van der Waals surface area contributed by atoms with Gasteiger partial charge in [0, 0.05) is 36.0 Å². The van der Waals surface area contributed by atoms with E-state index in [1.807, 2.05) is 28.8 Å². The van der Waals surface area contributed by atoms with Crippen molar-refractivity contribution in [3.63, 3.8) is 0 Å². The zero-order valence-electron chi connectivity index (χ0n) is 19.7. The van der Waals surface area contributed by atoms with E-state index in [1.54, 1.807) is 25.1 Å². The summed E-state index contributed by atoms with van der Waals surface area (Å²) in [5.74, 6) is 0.258. The van der Waals surface area contributed by atoms with Gasteiger partial charge in [0.15, 0.2) is 5.16 Å². The van der Waals surface area contributed by atoms with Crippen LogP contribution in [0.3, 0.4) is 0 Å². The predicted octanol–water partition coefficient (Wildman–Crippen LogP) is 4.28. The molecule has 0 bridgehead atoms. The Morgan fingerprint density at radius 1 is 1.06 bits per heavy atom. The molecule has 8 nitrogen and oxygen atoms in total. The van der Waals surface area contributed by atoms with Gasteiger partial charge < -0.3 is 9.30 Å². The van der Waals surface area contributed by atoms with Crippen molar-refractivity contribution >= 4 is 40.3 Å². The lowest BCUT2D eigenvalue weighted by molar-refractivity contribution is -0.139. The van der Waals surface area contributed by atoms with E-state index < -0.39 is 0 Å². The zero-order valence-corrected chi connectivity index (χ0v) is 20.6. The average molecular weight is 493 g/mol. The van der Waals surface area contributed by atoms with Crippen molar-refractivity contribution in [3.05, 3.63) is 66.0 Å². The molecule has 2 heterocycles. The van der Waals surface area contributed by atoms with E-state index in [1.165, 1.54) is 16.7 Å². The summed E-state index contributed by atoms with van der Waals surface area (Å²) >= 11 is 1.30. The molecule has 3 aromatic rings. The van der Waals surface area contributed by atoms with Crippen molar-refractivity contribution in [2.45, 2.75) is 44.3 Å². The van der Waals surface area contributed by atoms with Crippen LogP contribution in [-0.2, 0) is 22.5 Å². The Bertz CT molecular complexity index is 1220. The molecule has 1 aliphatic heterocycles. The molecule has 0 N–H and O–H groups in total. The maximum atomic E-state index is 13.0. The number of benzene rings is 2. The van der Waals surface area contributed by atoms with Crippen LogP contribution < -0.4 is 0 Å². The number of carbonyl (C=O) groups is 3. The van der Waals surface area contributed by atoms with E-state index in [0.717, 1.165) is 29.4 Å². The number of amides is 2. The third-order valence-electron chi connectivity index (χ3n) is 5.87. The fraction of sp³-hybridized carbons (Fsp3) is 0.346. The normalized spacial score (nSPS) is 12.9. The van der Waals surface area contributed by atoms with Gasteiger partial charge in [0.2, 0.25) is 0 Å². The SMILES string of the molecule is C=CCn1c(CCCCCN2C(=O)c3cccc4cccc(c34)C2=O)nnc1SCC(=O)OCC. The first-order valence-corrected chi connectivity index (χ1v) is 12.7. The number of unbranched alkanes of at least 4 members (excludes halogenated alkanes) is 2. The fourth-order valence-corrected chi connectivity index (χ4v) is 5.03. The van der Waals surface area contributed by atoms with E-state index in [4.69, 9.17) is 4.74 Å². The Morgan fingerprint density at radius 3 is 2.43 bits per heavy atom. The Morgan fingerprint density at radius 2 is 1.77 bits per heavy atom. The quantitative estimate of drug-likeness (QED) is 0.122. The van der Waals surface area contributed by atoms with Crippen molar-refractivity contribution < 1.29 is 19.1 Å². The molecule has 182 valence electrons. The molecular formula is C26H28N4O4S. The number of esters is 1. The summed E-state index contributed by atoms with van der Waals surface area (Å²) in [7, 11) is 0. The van der Waals surface area contributed by atoms with Crippen LogP contribution in [0.25, 0.3) is 10.8 Å². The number of ether oxygens (including phenoxy) is 1. The minimum Gasteiger partial charge on any atom is -0.465 e. The molecule has 35 heavy (non-hydrogen) atoms. The molecule has 0 saturated carbocycles. The van der Waals surface area contributed by atoms with Gasteiger partial charge in [-0.1, -0.05) is 48.5 Å². The molecule has 0 radical (unpaired) electrons. The molecule has 0 fully saturated rings. The van der Waals surface area contributed by atoms with Crippen molar-refractivity contribution in [2.75, 3.05) is 18.9 Å². The van der Waals surface area contributed by atoms with Crippen LogP contribution in [0.1, 0.15) is 52.7 Å². The van der Waals surface area contributed by atoms with Crippen molar-refractivity contribution in [2.24, 2.45) is 0 Å². The summed E-state index contributed by atoms with van der Waals surface area (Å²) < 4.78 is 6.92. The predicted molar refractivity (Wildman–Crippen MR) is 134 cm³/mol. The standard InChI is InChI=1S/C26H28N4O4S/c1-3-15-29-21(27-28-26(29)35-17-22(31)34-4-2)14-6-5-7-16-30-24(32)19-12-8-10-18-11-9-13-20(23(18)19)25(30)33/h3,8-13H,1,4-7,14-17H2,2H3. The van der Waals surface area contributed by atoms with Gasteiger partial charge >= 0.3 is 5.97 Å². The summed E-state index contributed by atoms with van der Waals surface area (Å²) in [6.07, 6.45) is 4.84. The monoisotopic (exact) mass is 492 g/mol. The maximum Gasteiger partial charge on any atom is 0.316 e. The molecule has 0 atom stereocenters. The number of hydrogen-bond acceptors (Lipinski definition) is 7. The average Bonchev–Trinajstić information content (AvgIpc) is 3.24. The molecule has 0 saturated heterocycles. The van der Waals surface area contributed by atoms with Gasteiger partial charge in [-0.2, -0.15) is 0 Å². The van der Waals surface area contributed by atoms with E-state index in [-0.39, 0.29) is 23.5 Å². The van der Waals surface area contributed by atoms with Gasteiger partial charge in [-0.15, -0.1) is 16.8 Å². The minimum absolute atomic E-state index is 0.178. The minimum atomic E-state index is -0.284. The van der Waals surface area contributed by atoms with Crippen LogP contribution in [0, 0.1) is 0 Å². The Hall–Kier alpha value is -3.46. The highest BCUT2D eigenvalue weighted by Crippen LogP contribution is 2.30. The first-order chi connectivity index (χ1) is 17.0. The molecule has 0 aliphatic carbocycles. The Balaban J connectivity index is 1.32. The number of aromatic nitrogens is 3. The number of imide groups is 1. The molecule has 0 unspecified atom stereocenters. The lowest BCUT2D eigenvalue weighted by Crippen LogP contribution is -2.40. The number of thioether (sulfide) groups is 1. The van der Waals surface area contributed by atoms with Gasteiger partial charge in [0.05, 0.1) is 12.4 Å². The lowest BCUT2D eigenvalue weighted by atomic mass is 9.94. The van der Waals surface area contributed by atoms with Gasteiger partial charge in [0.25, 0.3) is 11.8 Å². The number of hydrogen-bond donors (Lipinski definition) is 0. The molecule has 1 aliphatic rings. The van der Waals surface area contributed by atoms with Crippen LogP contribution in [-0.4, -0.2) is 56.4 Å². The van der Waals surface area contributed by atoms with Crippen molar-refractivity contribution in [1.82, 2.24) is 19.7 Å². The topological polar surface area (TPSA) is 94.4 Å². The number of allylic oxidation sites excluding steroid dienone is 1. The van der Waals surface area contributed by atoms with Gasteiger partial charge in [-0.25, -0.2) is 0 Å². The van der Waals surface area contributed by atoms with Crippen LogP contribution in [0.4, 0.5) is 0 Å². The Kier molecular flexibility index (Phi) is 7.97. The lowest BCUT2D eigenvalue weighted by Gasteiger charge is -2.27. The second-order valence-corrected chi connectivity index (χ2v) is 9.12. The zero-order chi connectivity index (χ0) is 24.8. The molecular weight excluding hydrogens is 464 g/mol. The third kappa shape index (κ3) is 5.30. The van der Waals surface area contributed by atoms with E-state index in [9.17, 15) is 14.4 Å². The summed E-state index contributed by atoms with van der Waals surface area (Å²) in [5, 5.41) is 10.8. The second kappa shape index (κ2) is 11.3. The summed E-state index contributed by atoms with van der Waals surface area (Å²) in [5.41, 5.74) is 1.17. The van der Waals surface area contributed by atoms with Gasteiger partial charge in [-0.05, 0) is 37.3 Å². The summed E-state index contributed by atoms with van der Waals surface area (Å²) in [4.78, 5) is 39.0. The number of aryl methyl sites for hydroxylation is 1. The molecule has 1 aromatic heterocycles. The highest BCUT2D eigenvalue weighted by Gasteiger charge is 2.32. The van der Waals surface area contributed by atoms with E-state index in [2.05, 4.69) is 16.8 Å². The van der Waals surface area contributed by atoms with Gasteiger partial charge in [-0.3, -0.25) is 19.3 Å². The summed E-state index contributed by atoms with van der Waals surface area (Å²) in [6, 6.07) is 11.1. The first-order valence-electron chi connectivity index (χ1n) is 11.7. The van der Waals surface area contributed by atoms with Crippen LogP contribution in [0.5, 0.6) is 0 Å². The van der Waals surface area contributed by atoms with E-state index >= 15 is 0 Å². The third-order valence-corrected chi connectivity index (χ3v) is 6.81. The van der Waals surface area contributed by atoms with Crippen LogP contribution in [0.15, 0.2) is 54.2 Å². The molecule has 9 heteroatoms. The largest absolute Gasteiger partial charge is 0.465 e.